The van der Waals surface area contributed by atoms with E-state index in [1.807, 2.05) is 30.3 Å². The first-order valence-corrected chi connectivity index (χ1v) is 9.86. The van der Waals surface area contributed by atoms with E-state index in [0.717, 1.165) is 24.0 Å². The van der Waals surface area contributed by atoms with Crippen molar-refractivity contribution in [1.29, 1.82) is 0 Å². The van der Waals surface area contributed by atoms with Gasteiger partial charge in [-0.15, -0.1) is 10.2 Å². The largest absolute Gasteiger partial charge is 0.399 e. The van der Waals surface area contributed by atoms with Gasteiger partial charge in [0.25, 0.3) is 5.69 Å². The number of para-hydroxylation sites is 1. The summed E-state index contributed by atoms with van der Waals surface area (Å²) < 4.78 is 0. The molecule has 0 bridgehead atoms. The fourth-order valence-corrected chi connectivity index (χ4v) is 3.83. The van der Waals surface area contributed by atoms with Gasteiger partial charge in [-0.05, 0) is 42.7 Å². The molecule has 0 unspecified atom stereocenters. The Kier molecular flexibility index (Phi) is 5.37. The molecule has 148 valence electrons. The fraction of sp³-hybridized carbons (Fsp3) is 0.273. The van der Waals surface area contributed by atoms with Crippen LogP contribution < -0.4 is 11.1 Å². The number of hydrogen-bond donors (Lipinski definition) is 2. The summed E-state index contributed by atoms with van der Waals surface area (Å²) in [5.41, 5.74) is 9.10. The SMILES string of the molecule is Nc1ccc(-c2cc(NC3CCCCC3)nnc2-c2ccccc2[N+](=O)[O-])cc1. The Hall–Kier alpha value is -3.48. The molecule has 4 rings (SSSR count). The molecule has 7 nitrogen and oxygen atoms in total. The number of hydrogen-bond acceptors (Lipinski definition) is 6. The molecule has 1 fully saturated rings. The van der Waals surface area contributed by atoms with Crippen molar-refractivity contribution in [3.8, 4) is 22.4 Å². The molecule has 0 atom stereocenters. The topological polar surface area (TPSA) is 107 Å². The number of aromatic nitrogens is 2. The molecule has 2 aromatic carbocycles. The number of nitrogen functional groups attached to an aromatic ring is 1. The lowest BCUT2D eigenvalue weighted by molar-refractivity contribution is -0.384. The van der Waals surface area contributed by atoms with Crippen LogP contribution in [-0.4, -0.2) is 21.2 Å². The third-order valence-electron chi connectivity index (χ3n) is 5.33. The molecule has 0 saturated heterocycles. The van der Waals surface area contributed by atoms with E-state index in [1.54, 1.807) is 18.2 Å². The van der Waals surface area contributed by atoms with E-state index < -0.39 is 4.92 Å². The molecule has 0 amide bonds. The van der Waals surface area contributed by atoms with E-state index in [9.17, 15) is 10.1 Å². The van der Waals surface area contributed by atoms with Crippen LogP contribution >= 0.6 is 0 Å². The van der Waals surface area contributed by atoms with Crippen LogP contribution in [0, 0.1) is 10.1 Å². The minimum Gasteiger partial charge on any atom is -0.399 e. The van der Waals surface area contributed by atoms with Crippen LogP contribution in [0.2, 0.25) is 0 Å². The standard InChI is InChI=1S/C22H23N5O2/c23-16-12-10-15(11-13-16)19-14-21(24-17-6-2-1-3-7-17)25-26-22(19)18-8-4-5-9-20(18)27(28)29/h4-5,8-14,17H,1-3,6-7,23H2,(H,24,25). The highest BCUT2D eigenvalue weighted by Gasteiger charge is 2.21. The third-order valence-corrected chi connectivity index (χ3v) is 5.33. The summed E-state index contributed by atoms with van der Waals surface area (Å²) in [5.74, 6) is 0.686. The van der Waals surface area contributed by atoms with Crippen molar-refractivity contribution in [2.24, 2.45) is 0 Å². The molecule has 29 heavy (non-hydrogen) atoms. The highest BCUT2D eigenvalue weighted by atomic mass is 16.6. The molecule has 1 heterocycles. The summed E-state index contributed by atoms with van der Waals surface area (Å²) in [5, 5.41) is 23.8. The number of benzene rings is 2. The maximum absolute atomic E-state index is 11.5. The molecular weight excluding hydrogens is 366 g/mol. The zero-order valence-corrected chi connectivity index (χ0v) is 16.0. The smallest absolute Gasteiger partial charge is 0.278 e. The van der Waals surface area contributed by atoms with Gasteiger partial charge in [-0.2, -0.15) is 0 Å². The van der Waals surface area contributed by atoms with Gasteiger partial charge in [-0.1, -0.05) is 43.5 Å². The van der Waals surface area contributed by atoms with Crippen molar-refractivity contribution in [3.05, 3.63) is 64.7 Å². The first kappa shape index (κ1) is 18.9. The van der Waals surface area contributed by atoms with E-state index in [1.165, 1.54) is 25.3 Å². The van der Waals surface area contributed by atoms with Gasteiger partial charge >= 0.3 is 0 Å². The number of rotatable bonds is 5. The van der Waals surface area contributed by atoms with Crippen LogP contribution in [0.5, 0.6) is 0 Å². The highest BCUT2D eigenvalue weighted by Crippen LogP contribution is 2.36. The third kappa shape index (κ3) is 4.18. The number of nitrogens with one attached hydrogen (secondary N) is 1. The Balaban J connectivity index is 1.80. The van der Waals surface area contributed by atoms with E-state index in [4.69, 9.17) is 5.73 Å². The first-order valence-electron chi connectivity index (χ1n) is 9.86. The number of nitrogens with two attached hydrogens (primary N) is 1. The van der Waals surface area contributed by atoms with Crippen molar-refractivity contribution < 1.29 is 4.92 Å². The van der Waals surface area contributed by atoms with Gasteiger partial charge in [0.05, 0.1) is 10.5 Å². The van der Waals surface area contributed by atoms with E-state index in [-0.39, 0.29) is 5.69 Å². The van der Waals surface area contributed by atoms with Crippen LogP contribution in [0.15, 0.2) is 54.6 Å². The van der Waals surface area contributed by atoms with E-state index in [2.05, 4.69) is 15.5 Å². The number of nitro benzene ring substituents is 1. The zero-order chi connectivity index (χ0) is 20.2. The summed E-state index contributed by atoms with van der Waals surface area (Å²) in [6, 6.07) is 16.3. The molecule has 0 spiro atoms. The maximum atomic E-state index is 11.5. The van der Waals surface area contributed by atoms with Gasteiger partial charge in [0, 0.05) is 23.4 Å². The van der Waals surface area contributed by atoms with Gasteiger partial charge in [0.2, 0.25) is 0 Å². The summed E-state index contributed by atoms with van der Waals surface area (Å²) in [4.78, 5) is 11.2. The molecule has 1 aliphatic carbocycles. The lowest BCUT2D eigenvalue weighted by Crippen LogP contribution is -2.23. The van der Waals surface area contributed by atoms with E-state index in [0.29, 0.717) is 28.8 Å². The average molecular weight is 389 g/mol. The van der Waals surface area contributed by atoms with E-state index >= 15 is 0 Å². The van der Waals surface area contributed by atoms with Crippen LogP contribution in [-0.2, 0) is 0 Å². The number of nitrogens with zero attached hydrogens (tertiary/aromatic N) is 3. The molecule has 7 heteroatoms. The van der Waals surface area contributed by atoms with Crippen molar-refractivity contribution >= 4 is 17.2 Å². The first-order chi connectivity index (χ1) is 14.1. The monoisotopic (exact) mass is 389 g/mol. The molecule has 0 aliphatic heterocycles. The molecule has 1 aromatic heterocycles. The summed E-state index contributed by atoms with van der Waals surface area (Å²) in [6.07, 6.45) is 5.93. The van der Waals surface area contributed by atoms with Gasteiger partial charge in [0.1, 0.15) is 11.5 Å². The Morgan fingerprint density at radius 1 is 0.966 bits per heavy atom. The van der Waals surface area contributed by atoms with Crippen LogP contribution in [0.25, 0.3) is 22.4 Å². The second-order valence-electron chi connectivity index (χ2n) is 7.37. The maximum Gasteiger partial charge on any atom is 0.278 e. The average Bonchev–Trinajstić information content (AvgIpc) is 2.75. The van der Waals surface area contributed by atoms with Crippen LogP contribution in [0.3, 0.4) is 0 Å². The fourth-order valence-electron chi connectivity index (χ4n) is 3.83. The quantitative estimate of drug-likeness (QED) is 0.359. The van der Waals surface area contributed by atoms with Crippen molar-refractivity contribution in [2.75, 3.05) is 11.1 Å². The van der Waals surface area contributed by atoms with Gasteiger partial charge < -0.3 is 11.1 Å². The minimum absolute atomic E-state index is 0.00600. The summed E-state index contributed by atoms with van der Waals surface area (Å²) in [7, 11) is 0. The molecule has 1 saturated carbocycles. The molecule has 3 N–H and O–H groups in total. The molecule has 1 aliphatic rings. The second kappa shape index (κ2) is 8.26. The Labute approximate surface area is 169 Å². The Morgan fingerprint density at radius 3 is 2.41 bits per heavy atom. The van der Waals surface area contributed by atoms with Crippen molar-refractivity contribution in [1.82, 2.24) is 10.2 Å². The highest BCUT2D eigenvalue weighted by molar-refractivity contribution is 5.86. The number of anilines is 2. The lowest BCUT2D eigenvalue weighted by atomic mass is 9.95. The minimum atomic E-state index is -0.391. The Bertz CT molecular complexity index is 1010. The molecule has 0 radical (unpaired) electrons. The normalized spacial score (nSPS) is 14.5. The second-order valence-corrected chi connectivity index (χ2v) is 7.37. The molecular formula is C22H23N5O2. The molecule has 3 aromatic rings. The van der Waals surface area contributed by atoms with Crippen LogP contribution in [0.1, 0.15) is 32.1 Å². The van der Waals surface area contributed by atoms with Gasteiger partial charge in [-0.25, -0.2) is 0 Å². The van der Waals surface area contributed by atoms with Crippen LogP contribution in [0.4, 0.5) is 17.2 Å². The predicted molar refractivity (Wildman–Crippen MR) is 114 cm³/mol. The van der Waals surface area contributed by atoms with Gasteiger partial charge in [0.15, 0.2) is 0 Å². The Morgan fingerprint density at radius 2 is 1.69 bits per heavy atom. The van der Waals surface area contributed by atoms with Crippen molar-refractivity contribution in [2.45, 2.75) is 38.1 Å². The van der Waals surface area contributed by atoms with Gasteiger partial charge in [-0.3, -0.25) is 10.1 Å². The number of nitro groups is 1. The summed E-state index contributed by atoms with van der Waals surface area (Å²) >= 11 is 0. The lowest BCUT2D eigenvalue weighted by Gasteiger charge is -2.23. The summed E-state index contributed by atoms with van der Waals surface area (Å²) in [6.45, 7) is 0. The predicted octanol–water partition coefficient (Wildman–Crippen LogP) is 5.05. The van der Waals surface area contributed by atoms with Crippen molar-refractivity contribution in [3.63, 3.8) is 0 Å². The zero-order valence-electron chi connectivity index (χ0n) is 16.0.